The predicted octanol–water partition coefficient (Wildman–Crippen LogP) is 2.96. The van der Waals surface area contributed by atoms with E-state index < -0.39 is 6.09 Å². The molecule has 0 atom stereocenters. The van der Waals surface area contributed by atoms with Crippen molar-refractivity contribution in [1.29, 1.82) is 0 Å². The molecular weight excluding hydrogens is 268 g/mol. The monoisotopic (exact) mass is 284 g/mol. The number of ether oxygens (including phenoxy) is 2. The molecular formula is C16H16N2O3. The van der Waals surface area contributed by atoms with E-state index in [-0.39, 0.29) is 0 Å². The highest BCUT2D eigenvalue weighted by Crippen LogP contribution is 2.13. The lowest BCUT2D eigenvalue weighted by molar-refractivity contribution is 0.171. The molecule has 108 valence electrons. The van der Waals surface area contributed by atoms with E-state index >= 15 is 0 Å². The van der Waals surface area contributed by atoms with E-state index in [1.54, 1.807) is 0 Å². The van der Waals surface area contributed by atoms with Crippen LogP contribution in [0.4, 0.5) is 4.79 Å². The number of methoxy groups -OCH3 is 1. The molecule has 0 radical (unpaired) electrons. The maximum absolute atomic E-state index is 10.8. The molecule has 1 N–H and O–H groups in total. The number of nitrogens with one attached hydrogen (secondary N) is 1. The summed E-state index contributed by atoms with van der Waals surface area (Å²) >= 11 is 0. The van der Waals surface area contributed by atoms with Crippen LogP contribution in [0.15, 0.2) is 59.7 Å². The summed E-state index contributed by atoms with van der Waals surface area (Å²) in [5.41, 5.74) is 4.18. The first-order chi connectivity index (χ1) is 10.3. The predicted molar refractivity (Wildman–Crippen MR) is 80.4 cm³/mol. The molecule has 0 saturated carbocycles. The van der Waals surface area contributed by atoms with Gasteiger partial charge >= 0.3 is 6.09 Å². The minimum Gasteiger partial charge on any atom is -0.489 e. The fraction of sp³-hybridized carbons (Fsp3) is 0.125. The standard InChI is InChI=1S/C16H16N2O3/c1-20-16(19)18-17-11-13-7-9-15(10-8-13)21-12-14-5-3-2-4-6-14/h2-11H,12H2,1H3,(H,18,19)/b17-11-. The summed E-state index contributed by atoms with van der Waals surface area (Å²) in [7, 11) is 1.28. The molecule has 0 unspecified atom stereocenters. The fourth-order valence-corrected chi connectivity index (χ4v) is 1.60. The number of nitrogens with zero attached hydrogens (tertiary/aromatic N) is 1. The first-order valence-corrected chi connectivity index (χ1v) is 6.42. The molecule has 0 saturated heterocycles. The summed E-state index contributed by atoms with van der Waals surface area (Å²) in [5, 5.41) is 3.75. The third-order valence-electron chi connectivity index (χ3n) is 2.68. The summed E-state index contributed by atoms with van der Waals surface area (Å²) in [5.74, 6) is 0.775. The lowest BCUT2D eigenvalue weighted by atomic mass is 10.2. The minimum atomic E-state index is -0.603. The topological polar surface area (TPSA) is 59.9 Å². The number of carbonyl (C=O) groups excluding carboxylic acids is 1. The van der Waals surface area contributed by atoms with Crippen LogP contribution in [0.3, 0.4) is 0 Å². The SMILES string of the molecule is COC(=O)N/N=C\c1ccc(OCc2ccccc2)cc1. The molecule has 0 aliphatic rings. The van der Waals surface area contributed by atoms with Gasteiger partial charge in [-0.2, -0.15) is 5.10 Å². The molecule has 0 bridgehead atoms. The Morgan fingerprint density at radius 1 is 1.14 bits per heavy atom. The second-order valence-corrected chi connectivity index (χ2v) is 4.20. The van der Waals surface area contributed by atoms with Crippen molar-refractivity contribution in [3.63, 3.8) is 0 Å². The Balaban J connectivity index is 1.85. The van der Waals surface area contributed by atoms with E-state index in [1.165, 1.54) is 13.3 Å². The Morgan fingerprint density at radius 2 is 1.86 bits per heavy atom. The number of carbonyl (C=O) groups is 1. The van der Waals surface area contributed by atoms with Gasteiger partial charge in [-0.3, -0.25) is 0 Å². The van der Waals surface area contributed by atoms with Crippen molar-refractivity contribution >= 4 is 12.3 Å². The highest BCUT2D eigenvalue weighted by Gasteiger charge is 1.96. The van der Waals surface area contributed by atoms with E-state index in [2.05, 4.69) is 15.3 Å². The molecule has 2 rings (SSSR count). The Bertz CT molecular complexity index is 595. The maximum Gasteiger partial charge on any atom is 0.427 e. The van der Waals surface area contributed by atoms with Crippen molar-refractivity contribution in [1.82, 2.24) is 5.43 Å². The van der Waals surface area contributed by atoms with Crippen LogP contribution >= 0.6 is 0 Å². The van der Waals surface area contributed by atoms with Crippen molar-refractivity contribution in [3.8, 4) is 5.75 Å². The number of hydrogen-bond acceptors (Lipinski definition) is 4. The van der Waals surface area contributed by atoms with Crippen molar-refractivity contribution in [2.75, 3.05) is 7.11 Å². The molecule has 0 aromatic heterocycles. The van der Waals surface area contributed by atoms with Gasteiger partial charge in [-0.15, -0.1) is 0 Å². The maximum atomic E-state index is 10.8. The Kier molecular flexibility index (Phi) is 5.34. The van der Waals surface area contributed by atoms with Crippen LogP contribution in [0.25, 0.3) is 0 Å². The molecule has 2 aromatic carbocycles. The highest BCUT2D eigenvalue weighted by atomic mass is 16.5. The first kappa shape index (κ1) is 14.6. The third-order valence-corrected chi connectivity index (χ3v) is 2.68. The summed E-state index contributed by atoms with van der Waals surface area (Å²) in [6.45, 7) is 0.526. The molecule has 21 heavy (non-hydrogen) atoms. The molecule has 0 spiro atoms. The Hall–Kier alpha value is -2.82. The molecule has 0 aliphatic carbocycles. The van der Waals surface area contributed by atoms with Crippen molar-refractivity contribution in [2.45, 2.75) is 6.61 Å². The van der Waals surface area contributed by atoms with Crippen molar-refractivity contribution < 1.29 is 14.3 Å². The number of hydrogen-bond donors (Lipinski definition) is 1. The molecule has 5 nitrogen and oxygen atoms in total. The van der Waals surface area contributed by atoms with E-state index in [1.807, 2.05) is 54.6 Å². The Labute approximate surface area is 123 Å². The van der Waals surface area contributed by atoms with Gasteiger partial charge in [0.15, 0.2) is 0 Å². The normalized spacial score (nSPS) is 10.3. The number of hydrazone groups is 1. The minimum absolute atomic E-state index is 0.526. The number of benzene rings is 2. The van der Waals surface area contributed by atoms with E-state index in [9.17, 15) is 4.79 Å². The average molecular weight is 284 g/mol. The lowest BCUT2D eigenvalue weighted by Crippen LogP contribution is -2.16. The Morgan fingerprint density at radius 3 is 2.52 bits per heavy atom. The summed E-state index contributed by atoms with van der Waals surface area (Å²) in [6.07, 6.45) is 0.923. The fourth-order valence-electron chi connectivity index (χ4n) is 1.60. The van der Waals surface area contributed by atoms with Crippen molar-refractivity contribution in [2.24, 2.45) is 5.10 Å². The first-order valence-electron chi connectivity index (χ1n) is 6.42. The highest BCUT2D eigenvalue weighted by molar-refractivity contribution is 5.80. The molecule has 2 aromatic rings. The van der Waals surface area contributed by atoms with Crippen LogP contribution in [0, 0.1) is 0 Å². The summed E-state index contributed by atoms with van der Waals surface area (Å²) in [4.78, 5) is 10.8. The zero-order chi connectivity index (χ0) is 14.9. The second kappa shape index (κ2) is 7.69. The lowest BCUT2D eigenvalue weighted by Gasteiger charge is -2.06. The van der Waals surface area contributed by atoms with Crippen molar-refractivity contribution in [3.05, 3.63) is 65.7 Å². The van der Waals surface area contributed by atoms with E-state index in [0.717, 1.165) is 16.9 Å². The summed E-state index contributed by atoms with van der Waals surface area (Å²) < 4.78 is 10.1. The third kappa shape index (κ3) is 4.99. The molecule has 0 aliphatic heterocycles. The van der Waals surface area contributed by atoms with Gasteiger partial charge in [0.25, 0.3) is 0 Å². The number of rotatable bonds is 5. The van der Waals surface area contributed by atoms with Gasteiger partial charge in [0, 0.05) is 0 Å². The van der Waals surface area contributed by atoms with Gasteiger partial charge in [-0.1, -0.05) is 30.3 Å². The second-order valence-electron chi connectivity index (χ2n) is 4.20. The van der Waals surface area contributed by atoms with Crippen LogP contribution in [-0.4, -0.2) is 19.4 Å². The van der Waals surface area contributed by atoms with Gasteiger partial charge in [0.1, 0.15) is 12.4 Å². The largest absolute Gasteiger partial charge is 0.489 e. The zero-order valence-corrected chi connectivity index (χ0v) is 11.7. The quantitative estimate of drug-likeness (QED) is 0.678. The van der Waals surface area contributed by atoms with Crippen LogP contribution < -0.4 is 10.2 Å². The number of amides is 1. The van der Waals surface area contributed by atoms with Crippen LogP contribution in [0.2, 0.25) is 0 Å². The van der Waals surface area contributed by atoms with Gasteiger partial charge in [-0.25, -0.2) is 10.2 Å². The zero-order valence-electron chi connectivity index (χ0n) is 11.7. The average Bonchev–Trinajstić information content (AvgIpc) is 2.55. The van der Waals surface area contributed by atoms with Crippen LogP contribution in [0.1, 0.15) is 11.1 Å². The van der Waals surface area contributed by atoms with Crippen LogP contribution in [-0.2, 0) is 11.3 Å². The van der Waals surface area contributed by atoms with Gasteiger partial charge in [0.2, 0.25) is 0 Å². The molecule has 5 heteroatoms. The van der Waals surface area contributed by atoms with Gasteiger partial charge in [0.05, 0.1) is 13.3 Å². The van der Waals surface area contributed by atoms with E-state index in [4.69, 9.17) is 4.74 Å². The molecule has 0 heterocycles. The molecule has 0 fully saturated rings. The van der Waals surface area contributed by atoms with Gasteiger partial charge < -0.3 is 9.47 Å². The van der Waals surface area contributed by atoms with Gasteiger partial charge in [-0.05, 0) is 35.4 Å². The summed E-state index contributed by atoms with van der Waals surface area (Å²) in [6, 6.07) is 17.4. The van der Waals surface area contributed by atoms with Crippen LogP contribution in [0.5, 0.6) is 5.75 Å². The molecule has 1 amide bonds. The van der Waals surface area contributed by atoms with E-state index in [0.29, 0.717) is 6.61 Å². The smallest absolute Gasteiger partial charge is 0.427 e.